The van der Waals surface area contributed by atoms with Gasteiger partial charge in [-0.05, 0) is 44.9 Å². The highest BCUT2D eigenvalue weighted by atomic mass is 16.5. The van der Waals surface area contributed by atoms with Gasteiger partial charge in [-0.25, -0.2) is 9.78 Å². The zero-order chi connectivity index (χ0) is 17.3. The van der Waals surface area contributed by atoms with E-state index in [4.69, 9.17) is 9.26 Å². The lowest BCUT2D eigenvalue weighted by Gasteiger charge is -2.11. The number of hydrogen-bond acceptors (Lipinski definition) is 7. The summed E-state index contributed by atoms with van der Waals surface area (Å²) in [6, 6.07) is 6.06. The summed E-state index contributed by atoms with van der Waals surface area (Å²) in [5.41, 5.74) is 3.96. The molecule has 0 aliphatic heterocycles. The molecule has 24 heavy (non-hydrogen) atoms. The molecule has 0 amide bonds. The number of fused-ring (bicyclic) bond motifs is 1. The molecule has 2 heterocycles. The quantitative estimate of drug-likeness (QED) is 0.734. The van der Waals surface area contributed by atoms with Crippen molar-refractivity contribution >= 4 is 28.6 Å². The van der Waals surface area contributed by atoms with Crippen molar-refractivity contribution in [3.8, 4) is 0 Å². The number of aryl methyl sites for hydroxylation is 3. The highest BCUT2D eigenvalue weighted by Crippen LogP contribution is 2.28. The minimum absolute atomic E-state index is 0.0618. The number of anilines is 2. The van der Waals surface area contributed by atoms with Crippen LogP contribution < -0.4 is 5.32 Å². The van der Waals surface area contributed by atoms with Crippen LogP contribution in [0.15, 0.2) is 22.7 Å². The molecule has 124 valence electrons. The maximum absolute atomic E-state index is 12.0. The van der Waals surface area contributed by atoms with Crippen LogP contribution in [0.2, 0.25) is 0 Å². The fourth-order valence-electron chi connectivity index (χ4n) is 2.37. The summed E-state index contributed by atoms with van der Waals surface area (Å²) in [5.74, 6) is -0.193. The Balaban J connectivity index is 2.12. The summed E-state index contributed by atoms with van der Waals surface area (Å²) in [6.07, 6.45) is 0. The number of carbonyl (C=O) groups excluding carboxylic acids is 1. The Morgan fingerprint density at radius 2 is 2.04 bits per heavy atom. The normalized spacial score (nSPS) is 10.8. The molecule has 0 unspecified atom stereocenters. The Hall–Kier alpha value is -2.96. The molecule has 2 aromatic heterocycles. The molecule has 3 rings (SSSR count). The van der Waals surface area contributed by atoms with Crippen molar-refractivity contribution in [1.82, 2.24) is 15.1 Å². The van der Waals surface area contributed by atoms with Crippen LogP contribution >= 0.6 is 0 Å². The Bertz CT molecular complexity index is 918. The van der Waals surface area contributed by atoms with Crippen molar-refractivity contribution in [2.75, 3.05) is 11.9 Å². The van der Waals surface area contributed by atoms with Gasteiger partial charge in [0.25, 0.3) is 5.71 Å². The third-order valence-corrected chi connectivity index (χ3v) is 3.61. The van der Waals surface area contributed by atoms with E-state index in [0.717, 1.165) is 16.8 Å². The van der Waals surface area contributed by atoms with E-state index in [2.05, 4.69) is 20.4 Å². The first-order valence-electron chi connectivity index (χ1n) is 7.65. The average molecular weight is 326 g/mol. The molecule has 0 bridgehead atoms. The first-order valence-corrected chi connectivity index (χ1v) is 7.65. The van der Waals surface area contributed by atoms with Gasteiger partial charge < -0.3 is 14.6 Å². The van der Waals surface area contributed by atoms with Crippen molar-refractivity contribution in [1.29, 1.82) is 0 Å². The zero-order valence-corrected chi connectivity index (χ0v) is 14.0. The monoisotopic (exact) mass is 326 g/mol. The lowest BCUT2D eigenvalue weighted by atomic mass is 10.1. The van der Waals surface area contributed by atoms with Crippen molar-refractivity contribution in [2.45, 2.75) is 27.7 Å². The number of hydrogen-bond donors (Lipinski definition) is 1. The highest BCUT2D eigenvalue weighted by Gasteiger charge is 2.20. The SMILES string of the molecule is CCOC(=O)c1nc(Nc2cc(C)ccc2C)c2c(C)noc2n1. The molecule has 0 aliphatic rings. The van der Waals surface area contributed by atoms with E-state index in [-0.39, 0.29) is 18.1 Å². The van der Waals surface area contributed by atoms with E-state index >= 15 is 0 Å². The Morgan fingerprint density at radius 1 is 1.25 bits per heavy atom. The molecule has 1 aromatic carbocycles. The van der Waals surface area contributed by atoms with Crippen LogP contribution in [-0.4, -0.2) is 27.7 Å². The smallest absolute Gasteiger partial charge is 0.376 e. The van der Waals surface area contributed by atoms with Gasteiger partial charge in [0.2, 0.25) is 5.82 Å². The molecule has 0 saturated carbocycles. The molecule has 0 spiro atoms. The number of esters is 1. The molecule has 1 N–H and O–H groups in total. The molecular formula is C17H18N4O3. The lowest BCUT2D eigenvalue weighted by molar-refractivity contribution is 0.0512. The molecule has 0 radical (unpaired) electrons. The maximum atomic E-state index is 12.0. The van der Waals surface area contributed by atoms with E-state index in [1.165, 1.54) is 0 Å². The van der Waals surface area contributed by atoms with Gasteiger partial charge >= 0.3 is 5.97 Å². The second-order valence-corrected chi connectivity index (χ2v) is 5.51. The summed E-state index contributed by atoms with van der Waals surface area (Å²) in [4.78, 5) is 20.4. The number of benzene rings is 1. The van der Waals surface area contributed by atoms with Gasteiger partial charge in [0.1, 0.15) is 11.2 Å². The highest BCUT2D eigenvalue weighted by molar-refractivity contribution is 5.94. The standard InChI is InChI=1S/C17H18N4O3/c1-5-23-17(22)15-19-14(13-11(4)21-24-16(13)20-15)18-12-8-9(2)6-7-10(12)3/h6-8H,5H2,1-4H3,(H,18,19,20). The van der Waals surface area contributed by atoms with E-state index in [0.29, 0.717) is 16.9 Å². The van der Waals surface area contributed by atoms with Crippen LogP contribution in [0.1, 0.15) is 34.4 Å². The van der Waals surface area contributed by atoms with Gasteiger partial charge in [-0.3, -0.25) is 0 Å². The van der Waals surface area contributed by atoms with Gasteiger partial charge in [0.05, 0.1) is 12.3 Å². The third-order valence-electron chi connectivity index (χ3n) is 3.61. The van der Waals surface area contributed by atoms with Gasteiger partial charge in [-0.2, -0.15) is 4.98 Å². The first kappa shape index (κ1) is 15.9. The summed E-state index contributed by atoms with van der Waals surface area (Å²) >= 11 is 0. The van der Waals surface area contributed by atoms with Crippen LogP contribution in [0.5, 0.6) is 0 Å². The summed E-state index contributed by atoms with van der Waals surface area (Å²) < 4.78 is 10.2. The fourth-order valence-corrected chi connectivity index (χ4v) is 2.37. The van der Waals surface area contributed by atoms with E-state index in [1.54, 1.807) is 13.8 Å². The Morgan fingerprint density at radius 3 is 2.79 bits per heavy atom. The van der Waals surface area contributed by atoms with Gasteiger partial charge in [0, 0.05) is 5.69 Å². The minimum Gasteiger partial charge on any atom is -0.460 e. The van der Waals surface area contributed by atoms with E-state index < -0.39 is 5.97 Å². The molecule has 7 nitrogen and oxygen atoms in total. The zero-order valence-electron chi connectivity index (χ0n) is 14.0. The topological polar surface area (TPSA) is 90.1 Å². The maximum Gasteiger partial charge on any atom is 0.376 e. The molecule has 7 heteroatoms. The largest absolute Gasteiger partial charge is 0.460 e. The lowest BCUT2D eigenvalue weighted by Crippen LogP contribution is -2.11. The van der Waals surface area contributed by atoms with Crippen LogP contribution in [0.4, 0.5) is 11.5 Å². The van der Waals surface area contributed by atoms with E-state index in [1.807, 2.05) is 32.0 Å². The number of carbonyl (C=O) groups is 1. The number of ether oxygens (including phenoxy) is 1. The number of nitrogens with one attached hydrogen (secondary N) is 1. The molecule has 3 aromatic rings. The molecule has 0 aliphatic carbocycles. The molecule has 0 fully saturated rings. The summed E-state index contributed by atoms with van der Waals surface area (Å²) in [7, 11) is 0. The van der Waals surface area contributed by atoms with Crippen molar-refractivity contribution in [3.05, 3.63) is 40.8 Å². The number of nitrogens with zero attached hydrogens (tertiary/aromatic N) is 3. The van der Waals surface area contributed by atoms with Crippen molar-refractivity contribution < 1.29 is 14.1 Å². The Kier molecular flexibility index (Phi) is 4.16. The summed E-state index contributed by atoms with van der Waals surface area (Å²) in [5, 5.41) is 7.82. The minimum atomic E-state index is -0.600. The third kappa shape index (κ3) is 2.92. The Labute approximate surface area is 139 Å². The predicted molar refractivity (Wildman–Crippen MR) is 89.5 cm³/mol. The second kappa shape index (κ2) is 6.27. The van der Waals surface area contributed by atoms with Crippen LogP contribution in [-0.2, 0) is 4.74 Å². The van der Waals surface area contributed by atoms with Crippen LogP contribution in [0.3, 0.4) is 0 Å². The summed E-state index contributed by atoms with van der Waals surface area (Å²) in [6.45, 7) is 7.77. The predicted octanol–water partition coefficient (Wildman–Crippen LogP) is 3.46. The fraction of sp³-hybridized carbons (Fsp3) is 0.294. The average Bonchev–Trinajstić information content (AvgIpc) is 2.92. The van der Waals surface area contributed by atoms with Crippen molar-refractivity contribution in [2.24, 2.45) is 0 Å². The molecule has 0 saturated heterocycles. The number of rotatable bonds is 4. The van der Waals surface area contributed by atoms with Gasteiger partial charge in [-0.1, -0.05) is 17.3 Å². The van der Waals surface area contributed by atoms with E-state index in [9.17, 15) is 4.79 Å². The second-order valence-electron chi connectivity index (χ2n) is 5.51. The van der Waals surface area contributed by atoms with Crippen LogP contribution in [0.25, 0.3) is 11.1 Å². The van der Waals surface area contributed by atoms with Gasteiger partial charge in [0.15, 0.2) is 0 Å². The van der Waals surface area contributed by atoms with Crippen LogP contribution in [0, 0.1) is 20.8 Å². The van der Waals surface area contributed by atoms with Crippen molar-refractivity contribution in [3.63, 3.8) is 0 Å². The number of aromatic nitrogens is 3. The first-order chi connectivity index (χ1) is 11.5. The molecule has 0 atom stereocenters. The molecular weight excluding hydrogens is 308 g/mol. The van der Waals surface area contributed by atoms with Gasteiger partial charge in [-0.15, -0.1) is 0 Å².